The molecule has 0 aliphatic rings. The number of hydrogen-bond donors (Lipinski definition) is 1. The van der Waals surface area contributed by atoms with Crippen molar-refractivity contribution in [3.63, 3.8) is 0 Å². The summed E-state index contributed by atoms with van der Waals surface area (Å²) in [6, 6.07) is 25.4. The van der Waals surface area contributed by atoms with Gasteiger partial charge in [-0.1, -0.05) is 41.9 Å². The molecule has 2 nitrogen and oxygen atoms in total. The molecule has 4 aromatic rings. The van der Waals surface area contributed by atoms with Crippen LogP contribution in [0.2, 0.25) is 0 Å². The van der Waals surface area contributed by atoms with E-state index in [1.54, 1.807) is 12.4 Å². The van der Waals surface area contributed by atoms with Gasteiger partial charge in [-0.3, -0.25) is 9.97 Å². The number of thiol groups is 1. The Morgan fingerprint density at radius 3 is 1.41 bits per heavy atom. The van der Waals surface area contributed by atoms with E-state index in [2.05, 4.69) is 46.3 Å². The van der Waals surface area contributed by atoms with Crippen LogP contribution in [0.15, 0.2) is 96.2 Å². The normalized spacial score (nSPS) is 9.69. The molecule has 0 saturated heterocycles. The summed E-state index contributed by atoms with van der Waals surface area (Å²) in [5, 5.41) is 0. The minimum absolute atomic E-state index is 0.803. The molecule has 0 N–H and O–H groups in total. The molecule has 0 unspecified atom stereocenters. The third-order valence-electron chi connectivity index (χ3n) is 4.13. The maximum atomic E-state index is 4.49. The van der Waals surface area contributed by atoms with Crippen LogP contribution < -0.4 is 0 Å². The highest BCUT2D eigenvalue weighted by atomic mass is 32.1. The maximum Gasteiger partial charge on any atom is 0.0887 e. The zero-order valence-corrected chi connectivity index (χ0v) is 16.4. The van der Waals surface area contributed by atoms with E-state index in [1.807, 2.05) is 78.9 Å². The van der Waals surface area contributed by atoms with Crippen LogP contribution in [0.5, 0.6) is 0 Å². The number of nitrogens with zero attached hydrogens (tertiary/aromatic N) is 2. The molecule has 136 valence electrons. The first kappa shape index (κ1) is 18.6. The Balaban J connectivity index is 1.47. The minimum Gasteiger partial charge on any atom is -0.253 e. The molecule has 0 amide bonds. The van der Waals surface area contributed by atoms with Crippen LogP contribution in [0.25, 0.3) is 11.4 Å². The summed E-state index contributed by atoms with van der Waals surface area (Å²) in [5.74, 6) is 12.5. The standard InChI is InChI=1S/C26H16N2S/c29-24-14-10-21(11-15-24)7-9-23-13-17-26(28-19-23)25-16-12-22(18-27-25)8-6-20-4-2-1-3-5-20/h1-5,10-19,29H. The van der Waals surface area contributed by atoms with Crippen molar-refractivity contribution in [3.05, 3.63) is 114 Å². The monoisotopic (exact) mass is 388 g/mol. The number of benzene rings is 2. The molecule has 0 atom stereocenters. The van der Waals surface area contributed by atoms with Gasteiger partial charge in [0.15, 0.2) is 0 Å². The molecule has 0 radical (unpaired) electrons. The smallest absolute Gasteiger partial charge is 0.0887 e. The van der Waals surface area contributed by atoms with Gasteiger partial charge >= 0.3 is 0 Å². The van der Waals surface area contributed by atoms with Crippen molar-refractivity contribution in [2.45, 2.75) is 4.90 Å². The first-order chi connectivity index (χ1) is 14.3. The minimum atomic E-state index is 0.803. The lowest BCUT2D eigenvalue weighted by molar-refractivity contribution is 1.24. The highest BCUT2D eigenvalue weighted by Gasteiger charge is 2.00. The SMILES string of the molecule is Sc1ccc(C#Cc2ccc(-c3ccc(C#Cc4ccccc4)cn3)nc2)cc1. The second-order valence-corrected chi connectivity index (χ2v) is 6.79. The van der Waals surface area contributed by atoms with Crippen LogP contribution in [-0.2, 0) is 0 Å². The van der Waals surface area contributed by atoms with Crippen molar-refractivity contribution in [3.8, 4) is 35.1 Å². The Kier molecular flexibility index (Phi) is 5.72. The summed E-state index contributed by atoms with van der Waals surface area (Å²) >= 11 is 4.28. The summed E-state index contributed by atoms with van der Waals surface area (Å²) < 4.78 is 0. The number of rotatable bonds is 1. The van der Waals surface area contributed by atoms with Gasteiger partial charge in [-0.2, -0.15) is 0 Å². The van der Waals surface area contributed by atoms with E-state index in [0.29, 0.717) is 0 Å². The number of aromatic nitrogens is 2. The fraction of sp³-hybridized carbons (Fsp3) is 0. The van der Waals surface area contributed by atoms with Gasteiger partial charge in [0.05, 0.1) is 11.4 Å². The summed E-state index contributed by atoms with van der Waals surface area (Å²) in [7, 11) is 0. The number of hydrogen-bond acceptors (Lipinski definition) is 3. The predicted molar refractivity (Wildman–Crippen MR) is 120 cm³/mol. The molecule has 0 spiro atoms. The molecular weight excluding hydrogens is 372 g/mol. The van der Waals surface area contributed by atoms with Gasteiger partial charge in [0, 0.05) is 39.5 Å². The predicted octanol–water partition coefficient (Wildman–Crippen LogP) is 5.23. The van der Waals surface area contributed by atoms with Gasteiger partial charge in [0.25, 0.3) is 0 Å². The van der Waals surface area contributed by atoms with Crippen molar-refractivity contribution < 1.29 is 0 Å². The van der Waals surface area contributed by atoms with E-state index in [0.717, 1.165) is 38.5 Å². The van der Waals surface area contributed by atoms with Gasteiger partial charge in [0.2, 0.25) is 0 Å². The Morgan fingerprint density at radius 1 is 0.483 bits per heavy atom. The average molecular weight is 388 g/mol. The summed E-state index contributed by atoms with van der Waals surface area (Å²) in [5.41, 5.74) is 5.26. The van der Waals surface area contributed by atoms with E-state index >= 15 is 0 Å². The van der Waals surface area contributed by atoms with Crippen molar-refractivity contribution in [2.24, 2.45) is 0 Å². The van der Waals surface area contributed by atoms with Gasteiger partial charge in [-0.25, -0.2) is 0 Å². The lowest BCUT2D eigenvalue weighted by atomic mass is 10.1. The lowest BCUT2D eigenvalue weighted by Gasteiger charge is -2.00. The second kappa shape index (κ2) is 8.93. The molecule has 0 aliphatic heterocycles. The average Bonchev–Trinajstić information content (AvgIpc) is 2.79. The summed E-state index contributed by atoms with van der Waals surface area (Å²) in [6.07, 6.45) is 3.53. The van der Waals surface area contributed by atoms with Crippen molar-refractivity contribution >= 4 is 12.6 Å². The first-order valence-electron chi connectivity index (χ1n) is 9.07. The molecule has 29 heavy (non-hydrogen) atoms. The van der Waals surface area contributed by atoms with Crippen molar-refractivity contribution in [2.75, 3.05) is 0 Å². The Morgan fingerprint density at radius 2 is 0.931 bits per heavy atom. The number of pyridine rings is 2. The Bertz CT molecular complexity index is 1220. The van der Waals surface area contributed by atoms with Crippen LogP contribution in [0.3, 0.4) is 0 Å². The molecule has 4 rings (SSSR count). The fourth-order valence-electron chi connectivity index (χ4n) is 2.59. The largest absolute Gasteiger partial charge is 0.253 e. The highest BCUT2D eigenvalue weighted by molar-refractivity contribution is 7.80. The van der Waals surface area contributed by atoms with E-state index in [-0.39, 0.29) is 0 Å². The third kappa shape index (κ3) is 5.14. The quantitative estimate of drug-likeness (QED) is 0.357. The zero-order chi connectivity index (χ0) is 19.9. The molecule has 2 aromatic heterocycles. The third-order valence-corrected chi connectivity index (χ3v) is 4.43. The van der Waals surface area contributed by atoms with Crippen LogP contribution in [0.4, 0.5) is 0 Å². The molecule has 3 heteroatoms. The van der Waals surface area contributed by atoms with Gasteiger partial charge in [-0.05, 0) is 60.7 Å². The van der Waals surface area contributed by atoms with Crippen LogP contribution in [0.1, 0.15) is 22.3 Å². The highest BCUT2D eigenvalue weighted by Crippen LogP contribution is 2.15. The van der Waals surface area contributed by atoms with E-state index in [4.69, 9.17) is 0 Å². The van der Waals surface area contributed by atoms with Crippen LogP contribution in [0, 0.1) is 23.7 Å². The summed E-state index contributed by atoms with van der Waals surface area (Å²) in [4.78, 5) is 9.89. The molecule has 0 saturated carbocycles. The van der Waals surface area contributed by atoms with E-state index in [1.165, 1.54) is 0 Å². The van der Waals surface area contributed by atoms with Gasteiger partial charge < -0.3 is 0 Å². The Labute approximate surface area is 176 Å². The van der Waals surface area contributed by atoms with Crippen LogP contribution >= 0.6 is 12.6 Å². The second-order valence-electron chi connectivity index (χ2n) is 6.28. The van der Waals surface area contributed by atoms with Crippen molar-refractivity contribution in [1.29, 1.82) is 0 Å². The molecular formula is C26H16N2S. The molecule has 2 heterocycles. The lowest BCUT2D eigenvalue weighted by Crippen LogP contribution is -1.89. The fourth-order valence-corrected chi connectivity index (χ4v) is 2.74. The molecule has 0 fully saturated rings. The van der Waals surface area contributed by atoms with Gasteiger partial charge in [0.1, 0.15) is 0 Å². The van der Waals surface area contributed by atoms with Gasteiger partial charge in [-0.15, -0.1) is 12.6 Å². The van der Waals surface area contributed by atoms with Crippen LogP contribution in [-0.4, -0.2) is 9.97 Å². The van der Waals surface area contributed by atoms with Crippen molar-refractivity contribution in [1.82, 2.24) is 9.97 Å². The molecule has 2 aromatic carbocycles. The molecule has 0 bridgehead atoms. The zero-order valence-electron chi connectivity index (χ0n) is 15.5. The molecule has 0 aliphatic carbocycles. The van der Waals surface area contributed by atoms with E-state index in [9.17, 15) is 0 Å². The summed E-state index contributed by atoms with van der Waals surface area (Å²) in [6.45, 7) is 0. The maximum absolute atomic E-state index is 4.49. The topological polar surface area (TPSA) is 25.8 Å². The Hall–Kier alpha value is -3.79. The first-order valence-corrected chi connectivity index (χ1v) is 9.52. The van der Waals surface area contributed by atoms with E-state index < -0.39 is 0 Å².